The van der Waals surface area contributed by atoms with Crippen molar-refractivity contribution in [1.82, 2.24) is 4.98 Å². The molecule has 0 spiro atoms. The maximum atomic E-state index is 5.97. The van der Waals surface area contributed by atoms with Crippen molar-refractivity contribution in [1.29, 1.82) is 0 Å². The van der Waals surface area contributed by atoms with Gasteiger partial charge in [-0.1, -0.05) is 28.1 Å². The number of nitrogens with zero attached hydrogens (tertiary/aromatic N) is 3. The van der Waals surface area contributed by atoms with Gasteiger partial charge in [-0.25, -0.2) is 9.98 Å². The van der Waals surface area contributed by atoms with E-state index in [0.717, 1.165) is 36.3 Å². The molecule has 1 aromatic heterocycles. The van der Waals surface area contributed by atoms with Crippen LogP contribution in [0.5, 0.6) is 0 Å². The highest BCUT2D eigenvalue weighted by atomic mass is 79.9. The Morgan fingerprint density at radius 1 is 1.29 bits per heavy atom. The first-order valence-corrected chi connectivity index (χ1v) is 8.61. The van der Waals surface area contributed by atoms with Crippen LogP contribution in [0.15, 0.2) is 52.1 Å². The smallest absolute Gasteiger partial charge is 0.194 e. The van der Waals surface area contributed by atoms with Gasteiger partial charge in [0.1, 0.15) is 5.82 Å². The van der Waals surface area contributed by atoms with Gasteiger partial charge < -0.3 is 20.7 Å². The second-order valence-electron chi connectivity index (χ2n) is 5.41. The molecule has 2 heterocycles. The van der Waals surface area contributed by atoms with E-state index in [-0.39, 0.29) is 0 Å². The maximum absolute atomic E-state index is 5.97. The molecule has 0 radical (unpaired) electrons. The maximum Gasteiger partial charge on any atom is 0.194 e. The third-order valence-corrected chi connectivity index (χ3v) is 4.23. The number of pyridine rings is 1. The van der Waals surface area contributed by atoms with Crippen LogP contribution in [0.3, 0.4) is 0 Å². The molecule has 0 bridgehead atoms. The average Bonchev–Trinajstić information content (AvgIpc) is 2.62. The Bertz CT molecular complexity index is 701. The van der Waals surface area contributed by atoms with Crippen LogP contribution < -0.4 is 16.0 Å². The quantitative estimate of drug-likeness (QED) is 0.620. The molecule has 7 heteroatoms. The highest BCUT2D eigenvalue weighted by Gasteiger charge is 2.15. The number of rotatable bonds is 4. The standard InChI is InChI=1S/C17H20BrN5O/c18-14-5-4-13(15(11-14)23-7-9-24-10-8-23)12-21-17(19)22-16-3-1-2-6-20-16/h1-6,11H,7-10,12H2,(H3,19,20,21,22). The average molecular weight is 390 g/mol. The molecule has 1 aliphatic heterocycles. The second-order valence-corrected chi connectivity index (χ2v) is 6.33. The molecule has 1 aromatic carbocycles. The van der Waals surface area contributed by atoms with Crippen molar-refractivity contribution in [3.8, 4) is 0 Å². The fourth-order valence-corrected chi connectivity index (χ4v) is 2.90. The molecule has 3 N–H and O–H groups in total. The summed E-state index contributed by atoms with van der Waals surface area (Å²) in [5.41, 5.74) is 8.27. The number of hydrogen-bond acceptors (Lipinski definition) is 4. The molecule has 2 aromatic rings. The zero-order valence-corrected chi connectivity index (χ0v) is 14.9. The van der Waals surface area contributed by atoms with Gasteiger partial charge in [0, 0.05) is 29.4 Å². The summed E-state index contributed by atoms with van der Waals surface area (Å²) in [5.74, 6) is 1.03. The molecule has 0 unspecified atom stereocenters. The Kier molecular flexibility index (Phi) is 5.66. The summed E-state index contributed by atoms with van der Waals surface area (Å²) in [6.07, 6.45) is 1.71. The summed E-state index contributed by atoms with van der Waals surface area (Å²) in [6, 6.07) is 11.8. The molecule has 1 aliphatic rings. The van der Waals surface area contributed by atoms with Gasteiger partial charge in [-0.2, -0.15) is 0 Å². The molecule has 0 saturated carbocycles. The lowest BCUT2D eigenvalue weighted by Crippen LogP contribution is -2.36. The molecule has 1 fully saturated rings. The van der Waals surface area contributed by atoms with E-state index >= 15 is 0 Å². The fourth-order valence-electron chi connectivity index (χ4n) is 2.55. The van der Waals surface area contributed by atoms with Crippen LogP contribution in [0.25, 0.3) is 0 Å². The largest absolute Gasteiger partial charge is 0.378 e. The molecular weight excluding hydrogens is 370 g/mol. The zero-order valence-electron chi connectivity index (χ0n) is 13.3. The number of ether oxygens (including phenoxy) is 1. The van der Waals surface area contributed by atoms with Crippen LogP contribution in [0.2, 0.25) is 0 Å². The lowest BCUT2D eigenvalue weighted by Gasteiger charge is -2.30. The van der Waals surface area contributed by atoms with Crippen molar-refractivity contribution in [2.45, 2.75) is 6.54 Å². The molecule has 126 valence electrons. The lowest BCUT2D eigenvalue weighted by atomic mass is 10.1. The van der Waals surface area contributed by atoms with Gasteiger partial charge in [-0.3, -0.25) is 0 Å². The van der Waals surface area contributed by atoms with E-state index in [9.17, 15) is 0 Å². The van der Waals surface area contributed by atoms with Crippen LogP contribution in [0, 0.1) is 0 Å². The molecule has 0 amide bonds. The SMILES string of the molecule is NC(=NCc1ccc(Br)cc1N1CCOCC1)Nc1ccccn1. The topological polar surface area (TPSA) is 75.8 Å². The summed E-state index contributed by atoms with van der Waals surface area (Å²) >= 11 is 3.55. The van der Waals surface area contributed by atoms with E-state index in [2.05, 4.69) is 48.3 Å². The van der Waals surface area contributed by atoms with E-state index in [1.165, 1.54) is 5.69 Å². The van der Waals surface area contributed by atoms with Crippen molar-refractivity contribution < 1.29 is 4.74 Å². The summed E-state index contributed by atoms with van der Waals surface area (Å²) in [5, 5.41) is 3.00. The summed E-state index contributed by atoms with van der Waals surface area (Å²) in [6.45, 7) is 3.77. The van der Waals surface area contributed by atoms with E-state index in [1.54, 1.807) is 6.20 Å². The molecule has 3 rings (SSSR count). The van der Waals surface area contributed by atoms with Gasteiger partial charge in [0.25, 0.3) is 0 Å². The van der Waals surface area contributed by atoms with E-state index < -0.39 is 0 Å². The third kappa shape index (κ3) is 4.46. The molecule has 1 saturated heterocycles. The second kappa shape index (κ2) is 8.12. The Hall–Kier alpha value is -2.12. The zero-order chi connectivity index (χ0) is 16.8. The number of nitrogens with one attached hydrogen (secondary N) is 1. The first-order chi connectivity index (χ1) is 11.7. The number of aromatic nitrogens is 1. The van der Waals surface area contributed by atoms with Crippen molar-refractivity contribution in [3.05, 3.63) is 52.6 Å². The number of aliphatic imine (C=N–C) groups is 1. The number of benzene rings is 1. The molecule has 6 nitrogen and oxygen atoms in total. The van der Waals surface area contributed by atoms with E-state index in [1.807, 2.05) is 24.3 Å². The Labute approximate surface area is 149 Å². The van der Waals surface area contributed by atoms with Crippen molar-refractivity contribution in [2.75, 3.05) is 36.5 Å². The highest BCUT2D eigenvalue weighted by molar-refractivity contribution is 9.10. The first-order valence-electron chi connectivity index (χ1n) is 7.81. The molecule has 0 aliphatic carbocycles. The normalized spacial score (nSPS) is 15.4. The van der Waals surface area contributed by atoms with Gasteiger partial charge in [0.05, 0.1) is 19.8 Å². The van der Waals surface area contributed by atoms with Crippen molar-refractivity contribution >= 4 is 33.4 Å². The number of nitrogens with two attached hydrogens (primary N) is 1. The van der Waals surface area contributed by atoms with Gasteiger partial charge in [-0.15, -0.1) is 0 Å². The minimum atomic E-state index is 0.351. The number of guanidine groups is 1. The number of halogens is 1. The Morgan fingerprint density at radius 3 is 2.88 bits per heavy atom. The molecular formula is C17H20BrN5O. The fraction of sp³-hybridized carbons (Fsp3) is 0.294. The Morgan fingerprint density at radius 2 is 2.12 bits per heavy atom. The number of morpholine rings is 1. The van der Waals surface area contributed by atoms with Gasteiger partial charge in [-0.05, 0) is 29.8 Å². The van der Waals surface area contributed by atoms with E-state index in [4.69, 9.17) is 10.5 Å². The van der Waals surface area contributed by atoms with Crippen molar-refractivity contribution in [3.63, 3.8) is 0 Å². The van der Waals surface area contributed by atoms with Crippen LogP contribution >= 0.6 is 15.9 Å². The molecule has 24 heavy (non-hydrogen) atoms. The summed E-state index contributed by atoms with van der Waals surface area (Å²) in [4.78, 5) is 10.9. The predicted molar refractivity (Wildman–Crippen MR) is 100 cm³/mol. The monoisotopic (exact) mass is 389 g/mol. The Balaban J connectivity index is 1.73. The van der Waals surface area contributed by atoms with Crippen LogP contribution in [0.4, 0.5) is 11.5 Å². The lowest BCUT2D eigenvalue weighted by molar-refractivity contribution is 0.122. The molecule has 0 atom stereocenters. The van der Waals surface area contributed by atoms with Gasteiger partial charge in [0.2, 0.25) is 0 Å². The third-order valence-electron chi connectivity index (χ3n) is 3.74. The number of anilines is 2. The minimum Gasteiger partial charge on any atom is -0.378 e. The van der Waals surface area contributed by atoms with E-state index in [0.29, 0.717) is 18.3 Å². The minimum absolute atomic E-state index is 0.351. The predicted octanol–water partition coefficient (Wildman–Crippen LogP) is 2.61. The number of hydrogen-bond donors (Lipinski definition) is 2. The first kappa shape index (κ1) is 16.7. The van der Waals surface area contributed by atoms with Crippen molar-refractivity contribution in [2.24, 2.45) is 10.7 Å². The summed E-state index contributed by atoms with van der Waals surface area (Å²) < 4.78 is 6.49. The van der Waals surface area contributed by atoms with Gasteiger partial charge >= 0.3 is 0 Å². The van der Waals surface area contributed by atoms with Gasteiger partial charge in [0.15, 0.2) is 5.96 Å². The highest BCUT2D eigenvalue weighted by Crippen LogP contribution is 2.26. The van der Waals surface area contributed by atoms with Crippen LogP contribution in [0.1, 0.15) is 5.56 Å². The van der Waals surface area contributed by atoms with Crippen LogP contribution in [-0.2, 0) is 11.3 Å². The summed E-state index contributed by atoms with van der Waals surface area (Å²) in [7, 11) is 0. The van der Waals surface area contributed by atoms with Crippen LogP contribution in [-0.4, -0.2) is 37.2 Å².